The van der Waals surface area contributed by atoms with Gasteiger partial charge < -0.3 is 4.98 Å². The summed E-state index contributed by atoms with van der Waals surface area (Å²) in [5, 5.41) is 0.126. The molecule has 3 heteroatoms. The molecule has 0 aliphatic heterocycles. The van der Waals surface area contributed by atoms with Crippen molar-refractivity contribution < 1.29 is 4.79 Å². The normalized spacial score (nSPS) is 10.0. The van der Waals surface area contributed by atoms with Crippen molar-refractivity contribution in [1.29, 1.82) is 0 Å². The van der Waals surface area contributed by atoms with Crippen LogP contribution < -0.4 is 0 Å². The van der Waals surface area contributed by atoms with Crippen molar-refractivity contribution in [3.05, 3.63) is 23.5 Å². The van der Waals surface area contributed by atoms with Crippen LogP contribution in [0.15, 0.2) is 12.1 Å². The number of aromatic nitrogens is 1. The number of H-pyrrole nitrogens is 1. The van der Waals surface area contributed by atoms with E-state index in [-0.39, 0.29) is 5.12 Å². The van der Waals surface area contributed by atoms with Gasteiger partial charge in [0.15, 0.2) is 0 Å². The fourth-order valence-electron chi connectivity index (χ4n) is 0.832. The van der Waals surface area contributed by atoms with Crippen LogP contribution in [0.2, 0.25) is 0 Å². The molecule has 0 fully saturated rings. The summed E-state index contributed by atoms with van der Waals surface area (Å²) < 4.78 is 0. The first-order chi connectivity index (χ1) is 5.24. The van der Waals surface area contributed by atoms with Crippen LogP contribution >= 0.6 is 11.8 Å². The van der Waals surface area contributed by atoms with E-state index in [4.69, 9.17) is 0 Å². The van der Waals surface area contributed by atoms with Gasteiger partial charge in [0.25, 0.3) is 0 Å². The number of hydrogen-bond acceptors (Lipinski definition) is 2. The Morgan fingerprint density at radius 3 is 2.82 bits per heavy atom. The quantitative estimate of drug-likeness (QED) is 0.736. The minimum Gasteiger partial charge on any atom is -0.356 e. The molecule has 0 unspecified atom stereocenters. The lowest BCUT2D eigenvalue weighted by atomic mass is 10.4. The number of aryl methyl sites for hydroxylation is 1. The van der Waals surface area contributed by atoms with Crippen LogP contribution in [0.3, 0.4) is 0 Å². The molecule has 2 nitrogen and oxygen atoms in total. The molecule has 1 aromatic rings. The Hall–Kier alpha value is -0.700. The summed E-state index contributed by atoms with van der Waals surface area (Å²) in [6, 6.07) is 3.73. The van der Waals surface area contributed by atoms with Gasteiger partial charge in [-0.15, -0.1) is 0 Å². The van der Waals surface area contributed by atoms with Gasteiger partial charge in [0.2, 0.25) is 5.12 Å². The molecule has 1 aromatic heterocycles. The van der Waals surface area contributed by atoms with E-state index in [1.54, 1.807) is 0 Å². The molecule has 1 rings (SSSR count). The van der Waals surface area contributed by atoms with Gasteiger partial charge in [0.1, 0.15) is 0 Å². The number of carbonyl (C=O) groups excluding carboxylic acids is 1. The Kier molecular flexibility index (Phi) is 2.76. The topological polar surface area (TPSA) is 32.9 Å². The molecular weight excluding hydrogens is 158 g/mol. The number of hydrogen-bond donors (Lipinski definition) is 1. The molecule has 0 saturated carbocycles. The van der Waals surface area contributed by atoms with Gasteiger partial charge in [-0.3, -0.25) is 4.79 Å². The van der Waals surface area contributed by atoms with Gasteiger partial charge in [-0.1, -0.05) is 18.7 Å². The lowest BCUT2D eigenvalue weighted by molar-refractivity contribution is 0.108. The van der Waals surface area contributed by atoms with Crippen LogP contribution in [0.1, 0.15) is 23.1 Å². The molecule has 0 atom stereocenters. The summed E-state index contributed by atoms with van der Waals surface area (Å²) in [4.78, 5) is 14.2. The smallest absolute Gasteiger partial charge is 0.235 e. The van der Waals surface area contributed by atoms with Gasteiger partial charge >= 0.3 is 0 Å². The molecule has 0 saturated heterocycles. The molecule has 1 heterocycles. The van der Waals surface area contributed by atoms with Gasteiger partial charge in [-0.05, 0) is 24.8 Å². The van der Waals surface area contributed by atoms with Crippen LogP contribution in [-0.2, 0) is 0 Å². The first kappa shape index (κ1) is 8.40. The van der Waals surface area contributed by atoms with Crippen molar-refractivity contribution in [2.75, 3.05) is 5.75 Å². The van der Waals surface area contributed by atoms with Crippen LogP contribution in [-0.4, -0.2) is 15.9 Å². The van der Waals surface area contributed by atoms with E-state index in [0.29, 0.717) is 5.69 Å². The molecule has 11 heavy (non-hydrogen) atoms. The number of aromatic amines is 1. The Balaban J connectivity index is 2.69. The molecular formula is C8H11NOS. The highest BCUT2D eigenvalue weighted by Gasteiger charge is 2.05. The van der Waals surface area contributed by atoms with Crippen molar-refractivity contribution in [1.82, 2.24) is 4.98 Å². The summed E-state index contributed by atoms with van der Waals surface area (Å²) in [6.45, 7) is 3.91. The van der Waals surface area contributed by atoms with Gasteiger partial charge in [-0.25, -0.2) is 0 Å². The van der Waals surface area contributed by atoms with Crippen molar-refractivity contribution in [2.24, 2.45) is 0 Å². The minimum atomic E-state index is 0.126. The number of carbonyl (C=O) groups is 1. The Bertz CT molecular complexity index is 254. The predicted octanol–water partition coefficient (Wildman–Crippen LogP) is 2.22. The molecule has 1 N–H and O–H groups in total. The first-order valence-corrected chi connectivity index (χ1v) is 4.55. The fourth-order valence-corrected chi connectivity index (χ4v) is 1.37. The summed E-state index contributed by atoms with van der Waals surface area (Å²) in [5.41, 5.74) is 1.74. The van der Waals surface area contributed by atoms with E-state index in [9.17, 15) is 4.79 Å². The summed E-state index contributed by atoms with van der Waals surface area (Å²) in [5.74, 6) is 0.830. The average Bonchev–Trinajstić information content (AvgIpc) is 2.36. The third kappa shape index (κ3) is 2.12. The summed E-state index contributed by atoms with van der Waals surface area (Å²) in [6.07, 6.45) is 0. The Labute approximate surface area is 70.4 Å². The third-order valence-corrected chi connectivity index (χ3v) is 2.10. The van der Waals surface area contributed by atoms with Crippen molar-refractivity contribution in [3.8, 4) is 0 Å². The zero-order valence-corrected chi connectivity index (χ0v) is 7.49. The minimum absolute atomic E-state index is 0.126. The van der Waals surface area contributed by atoms with Gasteiger partial charge in [0.05, 0.1) is 5.69 Å². The van der Waals surface area contributed by atoms with Crippen molar-refractivity contribution >= 4 is 16.9 Å². The second-order valence-electron chi connectivity index (χ2n) is 2.28. The van der Waals surface area contributed by atoms with Crippen LogP contribution in [0, 0.1) is 6.92 Å². The maximum Gasteiger partial charge on any atom is 0.235 e. The maximum atomic E-state index is 11.2. The van der Waals surface area contributed by atoms with E-state index in [1.807, 2.05) is 26.0 Å². The molecule has 0 bridgehead atoms. The fraction of sp³-hybridized carbons (Fsp3) is 0.375. The molecule has 0 aliphatic carbocycles. The molecule has 0 radical (unpaired) electrons. The second kappa shape index (κ2) is 3.62. The van der Waals surface area contributed by atoms with E-state index in [0.717, 1.165) is 11.4 Å². The lowest BCUT2D eigenvalue weighted by Gasteiger charge is -1.92. The molecule has 60 valence electrons. The standard InChI is InChI=1S/C8H11NOS/c1-3-11-8(10)7-5-4-6(2)9-7/h4-5,9H,3H2,1-2H3. The molecule has 0 aliphatic rings. The number of thioether (sulfide) groups is 1. The second-order valence-corrected chi connectivity index (χ2v) is 3.51. The number of nitrogens with one attached hydrogen (secondary N) is 1. The largest absolute Gasteiger partial charge is 0.356 e. The van der Waals surface area contributed by atoms with Crippen LogP contribution in [0.5, 0.6) is 0 Å². The highest BCUT2D eigenvalue weighted by atomic mass is 32.2. The average molecular weight is 169 g/mol. The van der Waals surface area contributed by atoms with Crippen molar-refractivity contribution in [2.45, 2.75) is 13.8 Å². The zero-order valence-electron chi connectivity index (χ0n) is 6.68. The Morgan fingerprint density at radius 1 is 1.64 bits per heavy atom. The first-order valence-electron chi connectivity index (χ1n) is 3.56. The molecule has 0 aromatic carbocycles. The molecule has 0 spiro atoms. The van der Waals surface area contributed by atoms with E-state index >= 15 is 0 Å². The lowest BCUT2D eigenvalue weighted by Crippen LogP contribution is -1.93. The van der Waals surface area contributed by atoms with Gasteiger partial charge in [0, 0.05) is 5.69 Å². The third-order valence-electron chi connectivity index (χ3n) is 1.33. The maximum absolute atomic E-state index is 11.2. The highest BCUT2D eigenvalue weighted by Crippen LogP contribution is 2.10. The van der Waals surface area contributed by atoms with Crippen molar-refractivity contribution in [3.63, 3.8) is 0 Å². The number of rotatable bonds is 2. The predicted molar refractivity (Wildman–Crippen MR) is 48.0 cm³/mol. The Morgan fingerprint density at radius 2 is 2.36 bits per heavy atom. The summed E-state index contributed by atoms with van der Waals surface area (Å²) >= 11 is 1.33. The molecule has 0 amide bonds. The van der Waals surface area contributed by atoms with E-state index in [2.05, 4.69) is 4.98 Å². The summed E-state index contributed by atoms with van der Waals surface area (Å²) in [7, 11) is 0. The van der Waals surface area contributed by atoms with Crippen LogP contribution in [0.4, 0.5) is 0 Å². The SMILES string of the molecule is CCSC(=O)c1ccc(C)[nH]1. The monoisotopic (exact) mass is 169 g/mol. The van der Waals surface area contributed by atoms with Gasteiger partial charge in [-0.2, -0.15) is 0 Å². The van der Waals surface area contributed by atoms with Crippen LogP contribution in [0.25, 0.3) is 0 Å². The van der Waals surface area contributed by atoms with E-state index in [1.165, 1.54) is 11.8 Å². The highest BCUT2D eigenvalue weighted by molar-refractivity contribution is 8.14. The zero-order chi connectivity index (χ0) is 8.27. The van der Waals surface area contributed by atoms with E-state index < -0.39 is 0 Å².